The molecule has 25 heavy (non-hydrogen) atoms. The van der Waals surface area contributed by atoms with Crippen molar-refractivity contribution in [1.29, 1.82) is 0 Å². The number of carbonyl (C=O) groups excluding carboxylic acids is 2. The molecule has 5 heteroatoms. The number of nitrogens with one attached hydrogen (secondary N) is 1. The SMILES string of the molecule is O=C(NCCCc1ccccc1)c1cc(C(=O)N2CCCC2)ccn1. The Morgan fingerprint density at radius 1 is 1.08 bits per heavy atom. The molecule has 0 aliphatic carbocycles. The maximum Gasteiger partial charge on any atom is 0.269 e. The molecule has 1 aliphatic heterocycles. The minimum absolute atomic E-state index is 0.0157. The van der Waals surface area contributed by atoms with E-state index in [4.69, 9.17) is 0 Å². The third-order valence-electron chi connectivity index (χ3n) is 4.40. The molecule has 1 N–H and O–H groups in total. The minimum Gasteiger partial charge on any atom is -0.351 e. The molecule has 2 amide bonds. The molecule has 2 heterocycles. The standard InChI is InChI=1S/C20H23N3O2/c24-19(22-11-6-9-16-7-2-1-3-8-16)18-15-17(10-12-21-18)20(25)23-13-4-5-14-23/h1-3,7-8,10,12,15H,4-6,9,11,13-14H2,(H,22,24). The van der Waals surface area contributed by atoms with E-state index in [1.54, 1.807) is 12.1 Å². The van der Waals surface area contributed by atoms with Crippen LogP contribution < -0.4 is 5.32 Å². The van der Waals surface area contributed by atoms with Crippen LogP contribution in [0.5, 0.6) is 0 Å². The second kappa shape index (κ2) is 8.42. The highest BCUT2D eigenvalue weighted by Crippen LogP contribution is 2.13. The Labute approximate surface area is 148 Å². The van der Waals surface area contributed by atoms with E-state index < -0.39 is 0 Å². The molecule has 2 aromatic rings. The Morgan fingerprint density at radius 3 is 2.60 bits per heavy atom. The Morgan fingerprint density at radius 2 is 1.84 bits per heavy atom. The molecule has 0 unspecified atom stereocenters. The first-order valence-corrected chi connectivity index (χ1v) is 8.81. The van der Waals surface area contributed by atoms with E-state index in [-0.39, 0.29) is 11.8 Å². The third kappa shape index (κ3) is 4.66. The maximum absolute atomic E-state index is 12.4. The van der Waals surface area contributed by atoms with Crippen molar-refractivity contribution in [2.24, 2.45) is 0 Å². The third-order valence-corrected chi connectivity index (χ3v) is 4.40. The van der Waals surface area contributed by atoms with Crippen LogP contribution in [-0.2, 0) is 6.42 Å². The number of aryl methyl sites for hydroxylation is 1. The molecule has 1 fully saturated rings. The van der Waals surface area contributed by atoms with Crippen LogP contribution in [0.1, 0.15) is 45.7 Å². The van der Waals surface area contributed by atoms with Crippen LogP contribution in [-0.4, -0.2) is 41.3 Å². The largest absolute Gasteiger partial charge is 0.351 e. The monoisotopic (exact) mass is 337 g/mol. The summed E-state index contributed by atoms with van der Waals surface area (Å²) in [5, 5.41) is 2.88. The van der Waals surface area contributed by atoms with Gasteiger partial charge >= 0.3 is 0 Å². The maximum atomic E-state index is 12.4. The highest BCUT2D eigenvalue weighted by Gasteiger charge is 2.20. The normalized spacial score (nSPS) is 13.7. The minimum atomic E-state index is -0.232. The summed E-state index contributed by atoms with van der Waals surface area (Å²) in [6.07, 6.45) is 5.41. The molecule has 130 valence electrons. The Bertz CT molecular complexity index is 725. The van der Waals surface area contributed by atoms with Crippen molar-refractivity contribution in [3.63, 3.8) is 0 Å². The summed E-state index contributed by atoms with van der Waals surface area (Å²) >= 11 is 0. The van der Waals surface area contributed by atoms with Gasteiger partial charge in [-0.1, -0.05) is 30.3 Å². The van der Waals surface area contributed by atoms with Crippen LogP contribution in [0.4, 0.5) is 0 Å². The number of hydrogen-bond donors (Lipinski definition) is 1. The number of amides is 2. The second-order valence-electron chi connectivity index (χ2n) is 6.27. The molecule has 1 aromatic carbocycles. The van der Waals surface area contributed by atoms with Crippen molar-refractivity contribution >= 4 is 11.8 Å². The van der Waals surface area contributed by atoms with Crippen LogP contribution >= 0.6 is 0 Å². The quantitative estimate of drug-likeness (QED) is 0.825. The van der Waals surface area contributed by atoms with E-state index in [9.17, 15) is 9.59 Å². The summed E-state index contributed by atoms with van der Waals surface area (Å²) < 4.78 is 0. The Hall–Kier alpha value is -2.69. The lowest BCUT2D eigenvalue weighted by atomic mass is 10.1. The van der Waals surface area contributed by atoms with Crippen LogP contribution in [0.2, 0.25) is 0 Å². The number of likely N-dealkylation sites (tertiary alicyclic amines) is 1. The van der Waals surface area contributed by atoms with E-state index in [1.807, 2.05) is 23.1 Å². The molecular formula is C20H23N3O2. The first-order valence-electron chi connectivity index (χ1n) is 8.81. The summed E-state index contributed by atoms with van der Waals surface area (Å²) in [4.78, 5) is 30.6. The highest BCUT2D eigenvalue weighted by atomic mass is 16.2. The van der Waals surface area contributed by atoms with E-state index in [0.29, 0.717) is 17.8 Å². The number of rotatable bonds is 6. The molecule has 0 saturated carbocycles. The van der Waals surface area contributed by atoms with Crippen LogP contribution in [0, 0.1) is 0 Å². The van der Waals surface area contributed by atoms with E-state index >= 15 is 0 Å². The second-order valence-corrected chi connectivity index (χ2v) is 6.27. The van der Waals surface area contributed by atoms with Gasteiger partial charge in [0.15, 0.2) is 0 Å². The van der Waals surface area contributed by atoms with Crippen molar-refractivity contribution in [3.8, 4) is 0 Å². The number of benzene rings is 1. The summed E-state index contributed by atoms with van der Waals surface area (Å²) in [6, 6.07) is 13.4. The lowest BCUT2D eigenvalue weighted by Crippen LogP contribution is -2.29. The smallest absolute Gasteiger partial charge is 0.269 e. The molecule has 3 rings (SSSR count). The fourth-order valence-electron chi connectivity index (χ4n) is 3.02. The summed E-state index contributed by atoms with van der Waals surface area (Å²) in [7, 11) is 0. The number of aromatic nitrogens is 1. The molecule has 5 nitrogen and oxygen atoms in total. The van der Waals surface area contributed by atoms with Gasteiger partial charge in [0, 0.05) is 31.4 Å². The lowest BCUT2D eigenvalue weighted by Gasteiger charge is -2.15. The van der Waals surface area contributed by atoms with Crippen LogP contribution in [0.3, 0.4) is 0 Å². The van der Waals surface area contributed by atoms with Crippen LogP contribution in [0.15, 0.2) is 48.7 Å². The molecule has 1 saturated heterocycles. The molecule has 0 bridgehead atoms. The van der Waals surface area contributed by atoms with E-state index in [0.717, 1.165) is 38.8 Å². The summed E-state index contributed by atoms with van der Waals surface area (Å²) in [5.41, 5.74) is 2.09. The number of carbonyl (C=O) groups is 2. The van der Waals surface area contributed by atoms with Gasteiger partial charge in [-0.2, -0.15) is 0 Å². The van der Waals surface area contributed by atoms with E-state index in [2.05, 4.69) is 22.4 Å². The van der Waals surface area contributed by atoms with Crippen molar-refractivity contribution in [3.05, 3.63) is 65.5 Å². The van der Waals surface area contributed by atoms with Crippen LogP contribution in [0.25, 0.3) is 0 Å². The van der Waals surface area contributed by atoms with Crippen molar-refractivity contribution in [2.75, 3.05) is 19.6 Å². The molecule has 1 aromatic heterocycles. The molecule has 0 spiro atoms. The first kappa shape index (κ1) is 17.1. The van der Waals surface area contributed by atoms with Crippen molar-refractivity contribution in [1.82, 2.24) is 15.2 Å². The average Bonchev–Trinajstić information content (AvgIpc) is 3.20. The van der Waals surface area contributed by atoms with Gasteiger partial charge in [-0.25, -0.2) is 0 Å². The van der Waals surface area contributed by atoms with E-state index in [1.165, 1.54) is 11.8 Å². The van der Waals surface area contributed by atoms with Gasteiger partial charge in [0.1, 0.15) is 5.69 Å². The summed E-state index contributed by atoms with van der Waals surface area (Å²) in [6.45, 7) is 2.17. The number of pyridine rings is 1. The van der Waals surface area contributed by atoms with Crippen molar-refractivity contribution < 1.29 is 9.59 Å². The van der Waals surface area contributed by atoms with Gasteiger partial charge in [0.2, 0.25) is 0 Å². The molecule has 0 radical (unpaired) electrons. The molecule has 1 aliphatic rings. The zero-order valence-electron chi connectivity index (χ0n) is 14.3. The predicted octanol–water partition coefficient (Wildman–Crippen LogP) is 2.68. The predicted molar refractivity (Wildman–Crippen MR) is 96.5 cm³/mol. The molecular weight excluding hydrogens is 314 g/mol. The zero-order chi connectivity index (χ0) is 17.5. The first-order chi connectivity index (χ1) is 12.2. The molecule has 0 atom stereocenters. The van der Waals surface area contributed by atoms with Gasteiger partial charge in [0.05, 0.1) is 0 Å². The topological polar surface area (TPSA) is 62.3 Å². The zero-order valence-corrected chi connectivity index (χ0v) is 14.3. The Kier molecular flexibility index (Phi) is 5.77. The Balaban J connectivity index is 1.51. The van der Waals surface area contributed by atoms with Gasteiger partial charge in [-0.15, -0.1) is 0 Å². The number of nitrogens with zero attached hydrogens (tertiary/aromatic N) is 2. The average molecular weight is 337 g/mol. The number of hydrogen-bond acceptors (Lipinski definition) is 3. The summed E-state index contributed by atoms with van der Waals surface area (Å²) in [5.74, 6) is -0.248. The fraction of sp³-hybridized carbons (Fsp3) is 0.350. The highest BCUT2D eigenvalue weighted by molar-refractivity contribution is 5.98. The van der Waals surface area contributed by atoms with Gasteiger partial charge < -0.3 is 10.2 Å². The van der Waals surface area contributed by atoms with Crippen molar-refractivity contribution in [2.45, 2.75) is 25.7 Å². The van der Waals surface area contributed by atoms with Gasteiger partial charge in [-0.3, -0.25) is 14.6 Å². The van der Waals surface area contributed by atoms with Gasteiger partial charge in [0.25, 0.3) is 11.8 Å². The lowest BCUT2D eigenvalue weighted by molar-refractivity contribution is 0.0792. The van der Waals surface area contributed by atoms with Gasteiger partial charge in [-0.05, 0) is 43.4 Å². The fourth-order valence-corrected chi connectivity index (χ4v) is 3.02.